The maximum atomic E-state index is 14.1. The van der Waals surface area contributed by atoms with Crippen LogP contribution < -0.4 is 0 Å². The number of aliphatic hydroxyl groups excluding tert-OH is 1. The number of ether oxygens (including phenoxy) is 10. The van der Waals surface area contributed by atoms with Gasteiger partial charge in [-0.1, -0.05) is 115 Å². The molecule has 0 aliphatic carbocycles. The molecular formula is C57H50O17. The minimum absolute atomic E-state index is 0.0794. The highest BCUT2D eigenvalue weighted by atomic mass is 16.8. The van der Waals surface area contributed by atoms with Crippen LogP contribution in [0.25, 0.3) is 0 Å². The zero-order valence-corrected chi connectivity index (χ0v) is 39.5. The fraction of sp³-hybridized carbons (Fsp3) is 0.228. The summed E-state index contributed by atoms with van der Waals surface area (Å²) in [7, 11) is 0. The molecule has 2 aliphatic rings. The van der Waals surface area contributed by atoms with E-state index in [0.29, 0.717) is 0 Å². The molecule has 8 rings (SSSR count). The lowest BCUT2D eigenvalue weighted by atomic mass is 10.0. The Bertz CT molecular complexity index is 2820. The first-order valence-electron chi connectivity index (χ1n) is 23.4. The number of esters is 6. The normalized spacial score (nSPS) is 21.7. The first-order chi connectivity index (χ1) is 36.1. The molecule has 17 nitrogen and oxygen atoms in total. The van der Waals surface area contributed by atoms with Crippen molar-refractivity contribution in [2.24, 2.45) is 0 Å². The van der Waals surface area contributed by atoms with E-state index in [4.69, 9.17) is 47.4 Å². The molecule has 6 aromatic carbocycles. The molecule has 2 fully saturated rings. The number of hydrogen-bond acceptors (Lipinski definition) is 17. The Kier molecular flexibility index (Phi) is 17.8. The van der Waals surface area contributed by atoms with Crippen LogP contribution >= 0.6 is 0 Å². The topological polar surface area (TPSA) is 215 Å². The van der Waals surface area contributed by atoms with Crippen LogP contribution in [0.2, 0.25) is 0 Å². The van der Waals surface area contributed by atoms with Gasteiger partial charge in [-0.2, -0.15) is 0 Å². The smallest absolute Gasteiger partial charge is 0.338 e. The minimum atomic E-state index is -1.77. The summed E-state index contributed by atoms with van der Waals surface area (Å²) in [4.78, 5) is 83.4. The van der Waals surface area contributed by atoms with Gasteiger partial charge >= 0.3 is 35.8 Å². The zero-order chi connectivity index (χ0) is 51.8. The second-order valence-electron chi connectivity index (χ2n) is 16.6. The molecule has 0 radical (unpaired) electrons. The average molecular weight is 1010 g/mol. The first-order valence-corrected chi connectivity index (χ1v) is 23.4. The molecule has 2 saturated heterocycles. The van der Waals surface area contributed by atoms with Crippen molar-refractivity contribution in [3.8, 4) is 0 Å². The molecule has 2 heterocycles. The molecule has 0 spiro atoms. The summed E-state index contributed by atoms with van der Waals surface area (Å²) < 4.78 is 61.6. The number of carbonyl (C=O) groups is 6. The zero-order valence-electron chi connectivity index (χ0n) is 39.5. The Balaban J connectivity index is 1.18. The Hall–Kier alpha value is -8.32. The van der Waals surface area contributed by atoms with Crippen molar-refractivity contribution in [3.63, 3.8) is 0 Å². The molecule has 0 saturated carbocycles. The van der Waals surface area contributed by atoms with Crippen LogP contribution in [0.15, 0.2) is 195 Å². The second kappa shape index (κ2) is 25.4. The highest BCUT2D eigenvalue weighted by Crippen LogP contribution is 2.36. The van der Waals surface area contributed by atoms with Crippen molar-refractivity contribution in [1.29, 1.82) is 0 Å². The van der Waals surface area contributed by atoms with Crippen LogP contribution in [0.3, 0.4) is 0 Å². The van der Waals surface area contributed by atoms with Gasteiger partial charge in [-0.25, -0.2) is 28.8 Å². The monoisotopic (exact) mass is 1010 g/mol. The van der Waals surface area contributed by atoms with Gasteiger partial charge in [0.15, 0.2) is 49.2 Å². The van der Waals surface area contributed by atoms with Gasteiger partial charge in [-0.3, -0.25) is 0 Å². The van der Waals surface area contributed by atoms with E-state index in [2.05, 4.69) is 6.58 Å². The molecule has 10 atom stereocenters. The largest absolute Gasteiger partial charge is 0.453 e. The van der Waals surface area contributed by atoms with Gasteiger partial charge < -0.3 is 52.5 Å². The van der Waals surface area contributed by atoms with Crippen molar-refractivity contribution in [1.82, 2.24) is 0 Å². The third kappa shape index (κ3) is 13.0. The molecule has 0 bridgehead atoms. The molecule has 0 amide bonds. The fourth-order valence-corrected chi connectivity index (χ4v) is 8.06. The standard InChI is InChI=1S/C57H50O17/c1-2-33-65-56-48(71-54(63)40-29-17-7-18-30-40)47(70-53(62)39-27-15-6-16-28-39)45(74-56)43(68-51(60)37-23-11-4-12-24-37)35-66-57-49(72-55(64)41-31-19-8-20-32-41)46(69-52(61)38-25-13-5-14-26-38)44(73-57)42(34-58)67-50(59)36-21-9-3-10-22-36/h2-32,42-49,56-58H,1,33-35H2/t42-,43-,44+,45+,46+,47+,48-,49-,56-,57-/m1/s1. The lowest BCUT2D eigenvalue weighted by Crippen LogP contribution is -2.48. The summed E-state index contributed by atoms with van der Waals surface area (Å²) in [6, 6.07) is 47.4. The van der Waals surface area contributed by atoms with E-state index in [1.165, 1.54) is 78.9 Å². The van der Waals surface area contributed by atoms with Crippen molar-refractivity contribution in [2.45, 2.75) is 61.4 Å². The van der Waals surface area contributed by atoms with E-state index in [1.807, 2.05) is 0 Å². The summed E-state index contributed by atoms with van der Waals surface area (Å²) in [5.74, 6) is -5.30. The van der Waals surface area contributed by atoms with E-state index in [0.717, 1.165) is 0 Å². The first kappa shape index (κ1) is 52.0. The molecule has 2 aliphatic heterocycles. The lowest BCUT2D eigenvalue weighted by Gasteiger charge is -2.30. The third-order valence-corrected chi connectivity index (χ3v) is 11.7. The predicted molar refractivity (Wildman–Crippen MR) is 260 cm³/mol. The number of rotatable bonds is 21. The average Bonchev–Trinajstić information content (AvgIpc) is 3.96. The SMILES string of the molecule is C=CCO[C@@H]1O[C@@H]([C@@H](CO[C@@H]2O[C@@H]([C@@H](CO)OC(=O)c3ccccc3)[C@H](OC(=O)c3ccccc3)[C@H]2OC(=O)c2ccccc2)OC(=O)c2ccccc2)[C@H](OC(=O)c2ccccc2)[C@H]1OC(=O)c1ccccc1. The quantitative estimate of drug-likeness (QED) is 0.0436. The van der Waals surface area contributed by atoms with Gasteiger partial charge in [-0.05, 0) is 72.8 Å². The molecular weight excluding hydrogens is 957 g/mol. The van der Waals surface area contributed by atoms with Crippen molar-refractivity contribution < 1.29 is 81.2 Å². The summed E-state index contributed by atoms with van der Waals surface area (Å²) in [6.45, 7) is 1.96. The van der Waals surface area contributed by atoms with Gasteiger partial charge in [0.25, 0.3) is 0 Å². The van der Waals surface area contributed by atoms with Crippen LogP contribution in [0.1, 0.15) is 62.1 Å². The van der Waals surface area contributed by atoms with Gasteiger partial charge in [0.2, 0.25) is 0 Å². The molecule has 6 aromatic rings. The molecule has 1 N–H and O–H groups in total. The number of benzene rings is 6. The Morgan fingerprint density at radius 1 is 0.419 bits per heavy atom. The molecule has 0 unspecified atom stereocenters. The van der Waals surface area contributed by atoms with Crippen LogP contribution in [-0.4, -0.2) is 122 Å². The maximum Gasteiger partial charge on any atom is 0.338 e. The summed E-state index contributed by atoms with van der Waals surface area (Å²) in [5.41, 5.74) is 0.626. The predicted octanol–water partition coefficient (Wildman–Crippen LogP) is 7.00. The highest BCUT2D eigenvalue weighted by Gasteiger charge is 2.57. The van der Waals surface area contributed by atoms with E-state index >= 15 is 0 Å². The Labute approximate surface area is 425 Å². The van der Waals surface area contributed by atoms with Crippen LogP contribution in [0, 0.1) is 0 Å². The van der Waals surface area contributed by atoms with E-state index < -0.39 is 110 Å². The number of hydrogen-bond donors (Lipinski definition) is 1. The van der Waals surface area contributed by atoms with Crippen LogP contribution in [0.4, 0.5) is 0 Å². The van der Waals surface area contributed by atoms with Crippen LogP contribution in [0.5, 0.6) is 0 Å². The van der Waals surface area contributed by atoms with Gasteiger partial charge in [0.1, 0.15) is 12.2 Å². The molecule has 380 valence electrons. The summed E-state index contributed by atoms with van der Waals surface area (Å²) in [6.07, 6.45) is -14.7. The van der Waals surface area contributed by atoms with Gasteiger partial charge in [0, 0.05) is 0 Å². The molecule has 17 heteroatoms. The van der Waals surface area contributed by atoms with E-state index in [-0.39, 0.29) is 40.0 Å². The van der Waals surface area contributed by atoms with Crippen LogP contribution in [-0.2, 0) is 47.4 Å². The molecule has 0 aromatic heterocycles. The number of carbonyl (C=O) groups excluding carboxylic acids is 6. The van der Waals surface area contributed by atoms with Crippen molar-refractivity contribution in [2.75, 3.05) is 19.8 Å². The maximum absolute atomic E-state index is 14.1. The Morgan fingerprint density at radius 3 is 1.03 bits per heavy atom. The highest BCUT2D eigenvalue weighted by molar-refractivity contribution is 5.92. The fourth-order valence-electron chi connectivity index (χ4n) is 8.06. The Morgan fingerprint density at radius 2 is 0.703 bits per heavy atom. The van der Waals surface area contributed by atoms with Crippen molar-refractivity contribution in [3.05, 3.63) is 228 Å². The summed E-state index contributed by atoms with van der Waals surface area (Å²) in [5, 5.41) is 10.9. The summed E-state index contributed by atoms with van der Waals surface area (Å²) >= 11 is 0. The second-order valence-corrected chi connectivity index (χ2v) is 16.6. The van der Waals surface area contributed by atoms with Gasteiger partial charge in [-0.15, -0.1) is 6.58 Å². The van der Waals surface area contributed by atoms with E-state index in [1.54, 1.807) is 109 Å². The number of aliphatic hydroxyl groups is 1. The lowest BCUT2D eigenvalue weighted by molar-refractivity contribution is -0.210. The molecule has 74 heavy (non-hydrogen) atoms. The third-order valence-electron chi connectivity index (χ3n) is 11.7. The minimum Gasteiger partial charge on any atom is -0.453 e. The van der Waals surface area contributed by atoms with Crippen molar-refractivity contribution >= 4 is 35.8 Å². The van der Waals surface area contributed by atoms with Gasteiger partial charge in [0.05, 0.1) is 53.2 Å². The van der Waals surface area contributed by atoms with E-state index in [9.17, 15) is 33.9 Å².